The van der Waals surface area contributed by atoms with Crippen molar-refractivity contribution in [2.45, 2.75) is 19.8 Å². The van der Waals surface area contributed by atoms with Crippen LogP contribution < -0.4 is 10.6 Å². The summed E-state index contributed by atoms with van der Waals surface area (Å²) in [5.41, 5.74) is 1.36. The molecule has 18 heavy (non-hydrogen) atoms. The fourth-order valence-corrected chi connectivity index (χ4v) is 1.41. The lowest BCUT2D eigenvalue weighted by Gasteiger charge is -2.07. The minimum Gasteiger partial charge on any atom is -0.385 e. The number of carbonyl (C=O) groups is 1. The molecule has 1 rings (SSSR count). The molecule has 1 aromatic heterocycles. The second-order valence-electron chi connectivity index (χ2n) is 3.96. The number of anilines is 1. The zero-order valence-corrected chi connectivity index (χ0v) is 11.0. The van der Waals surface area contributed by atoms with Gasteiger partial charge in [-0.25, -0.2) is 4.98 Å². The van der Waals surface area contributed by atoms with Gasteiger partial charge < -0.3 is 15.4 Å². The molecular weight excluding hydrogens is 230 g/mol. The lowest BCUT2D eigenvalue weighted by molar-refractivity contribution is 0.0949. The zero-order valence-electron chi connectivity index (χ0n) is 11.0. The topological polar surface area (TPSA) is 63.2 Å². The molecule has 0 aliphatic rings. The minimum atomic E-state index is -0.122. The fraction of sp³-hybridized carbons (Fsp3) is 0.538. The Morgan fingerprint density at radius 3 is 2.83 bits per heavy atom. The molecule has 0 fully saturated rings. The van der Waals surface area contributed by atoms with Crippen LogP contribution in [-0.2, 0) is 4.74 Å². The summed E-state index contributed by atoms with van der Waals surface area (Å²) in [6.07, 6.45) is 3.54. The number of rotatable bonds is 8. The van der Waals surface area contributed by atoms with Crippen molar-refractivity contribution in [2.75, 3.05) is 32.1 Å². The van der Waals surface area contributed by atoms with Crippen molar-refractivity contribution in [2.24, 2.45) is 0 Å². The number of hydrogen-bond donors (Lipinski definition) is 2. The molecule has 0 spiro atoms. The number of nitrogens with one attached hydrogen (secondary N) is 2. The van der Waals surface area contributed by atoms with Gasteiger partial charge in [-0.3, -0.25) is 4.79 Å². The number of aromatic nitrogens is 1. The van der Waals surface area contributed by atoms with E-state index >= 15 is 0 Å². The van der Waals surface area contributed by atoms with Gasteiger partial charge in [0.05, 0.1) is 11.9 Å². The van der Waals surface area contributed by atoms with E-state index in [4.69, 9.17) is 4.74 Å². The Hall–Kier alpha value is -1.62. The molecule has 0 radical (unpaired) electrons. The molecule has 0 bridgehead atoms. The van der Waals surface area contributed by atoms with Gasteiger partial charge in [-0.05, 0) is 25.0 Å². The molecule has 0 aliphatic carbocycles. The van der Waals surface area contributed by atoms with Gasteiger partial charge in [0, 0.05) is 26.8 Å². The average molecular weight is 251 g/mol. The number of nitrogens with zero attached hydrogens (tertiary/aromatic N) is 1. The van der Waals surface area contributed by atoms with Crippen molar-refractivity contribution < 1.29 is 9.53 Å². The third kappa shape index (κ3) is 5.14. The van der Waals surface area contributed by atoms with Gasteiger partial charge in [0.15, 0.2) is 0 Å². The maximum Gasteiger partial charge on any atom is 0.269 e. The van der Waals surface area contributed by atoms with Crippen molar-refractivity contribution >= 4 is 11.6 Å². The number of methoxy groups -OCH3 is 1. The molecule has 0 aromatic carbocycles. The summed E-state index contributed by atoms with van der Waals surface area (Å²) in [6.45, 7) is 4.26. The molecule has 0 saturated heterocycles. The van der Waals surface area contributed by atoms with E-state index in [9.17, 15) is 4.79 Å². The Labute approximate surface area is 108 Å². The van der Waals surface area contributed by atoms with Crippen LogP contribution in [0.5, 0.6) is 0 Å². The molecule has 5 nitrogen and oxygen atoms in total. The summed E-state index contributed by atoms with van der Waals surface area (Å²) >= 11 is 0. The molecule has 0 saturated carbocycles. The van der Waals surface area contributed by atoms with Crippen molar-refractivity contribution in [1.29, 1.82) is 0 Å². The summed E-state index contributed by atoms with van der Waals surface area (Å²) in [5.74, 6) is -0.122. The van der Waals surface area contributed by atoms with Crippen LogP contribution in [0.1, 0.15) is 30.3 Å². The first-order valence-electron chi connectivity index (χ1n) is 6.25. The van der Waals surface area contributed by atoms with Crippen LogP contribution in [0.4, 0.5) is 5.69 Å². The van der Waals surface area contributed by atoms with E-state index < -0.39 is 0 Å². The normalized spacial score (nSPS) is 10.1. The van der Waals surface area contributed by atoms with Gasteiger partial charge in [0.2, 0.25) is 0 Å². The van der Waals surface area contributed by atoms with Crippen molar-refractivity contribution in [1.82, 2.24) is 10.3 Å². The van der Waals surface area contributed by atoms with E-state index in [1.807, 2.05) is 13.0 Å². The van der Waals surface area contributed by atoms with Crippen LogP contribution in [-0.4, -0.2) is 37.7 Å². The molecular formula is C13H21N3O2. The number of pyridine rings is 1. The van der Waals surface area contributed by atoms with Gasteiger partial charge in [0.1, 0.15) is 5.69 Å². The lowest BCUT2D eigenvalue weighted by Crippen LogP contribution is -2.24. The van der Waals surface area contributed by atoms with Gasteiger partial charge >= 0.3 is 0 Å². The lowest BCUT2D eigenvalue weighted by atomic mass is 10.3. The van der Waals surface area contributed by atoms with Gasteiger partial charge in [-0.1, -0.05) is 6.92 Å². The van der Waals surface area contributed by atoms with Crippen LogP contribution in [0.25, 0.3) is 0 Å². The van der Waals surface area contributed by atoms with Gasteiger partial charge in [-0.2, -0.15) is 0 Å². The summed E-state index contributed by atoms with van der Waals surface area (Å²) < 4.78 is 4.96. The van der Waals surface area contributed by atoms with Gasteiger partial charge in [0.25, 0.3) is 5.91 Å². The molecule has 2 N–H and O–H groups in total. The average Bonchev–Trinajstić information content (AvgIpc) is 2.41. The fourth-order valence-electron chi connectivity index (χ4n) is 1.41. The summed E-state index contributed by atoms with van der Waals surface area (Å²) in [4.78, 5) is 15.7. The third-order valence-corrected chi connectivity index (χ3v) is 2.39. The van der Waals surface area contributed by atoms with Crippen molar-refractivity contribution in [3.05, 3.63) is 24.0 Å². The first-order valence-corrected chi connectivity index (χ1v) is 6.25. The molecule has 0 unspecified atom stereocenters. The standard InChI is InChI=1S/C13H21N3O2/c1-3-7-15-13(17)12-6-5-11(10-16-12)14-8-4-9-18-2/h5-6,10,14H,3-4,7-9H2,1-2H3,(H,15,17). The van der Waals surface area contributed by atoms with E-state index in [1.165, 1.54) is 0 Å². The van der Waals surface area contributed by atoms with E-state index in [0.717, 1.165) is 31.7 Å². The minimum absolute atomic E-state index is 0.122. The highest BCUT2D eigenvalue weighted by Gasteiger charge is 2.05. The van der Waals surface area contributed by atoms with Gasteiger partial charge in [-0.15, -0.1) is 0 Å². The first kappa shape index (κ1) is 14.4. The molecule has 1 aromatic rings. The van der Waals surface area contributed by atoms with Crippen molar-refractivity contribution in [3.8, 4) is 0 Å². The van der Waals surface area contributed by atoms with E-state index in [0.29, 0.717) is 12.2 Å². The molecule has 0 atom stereocenters. The Morgan fingerprint density at radius 2 is 2.22 bits per heavy atom. The van der Waals surface area contributed by atoms with E-state index in [-0.39, 0.29) is 5.91 Å². The molecule has 5 heteroatoms. The van der Waals surface area contributed by atoms with Crippen LogP contribution >= 0.6 is 0 Å². The van der Waals surface area contributed by atoms with Crippen molar-refractivity contribution in [3.63, 3.8) is 0 Å². The Morgan fingerprint density at radius 1 is 1.39 bits per heavy atom. The Balaban J connectivity index is 2.39. The smallest absolute Gasteiger partial charge is 0.269 e. The number of ether oxygens (including phenoxy) is 1. The number of hydrogen-bond acceptors (Lipinski definition) is 4. The second-order valence-corrected chi connectivity index (χ2v) is 3.96. The molecule has 0 aliphatic heterocycles. The highest BCUT2D eigenvalue weighted by molar-refractivity contribution is 5.92. The van der Waals surface area contributed by atoms with E-state index in [1.54, 1.807) is 19.4 Å². The third-order valence-electron chi connectivity index (χ3n) is 2.39. The largest absolute Gasteiger partial charge is 0.385 e. The highest BCUT2D eigenvalue weighted by atomic mass is 16.5. The molecule has 100 valence electrons. The van der Waals surface area contributed by atoms with E-state index in [2.05, 4.69) is 15.6 Å². The predicted molar refractivity (Wildman–Crippen MR) is 71.8 cm³/mol. The first-order chi connectivity index (χ1) is 8.77. The van der Waals surface area contributed by atoms with Crippen LogP contribution in [0.3, 0.4) is 0 Å². The maximum absolute atomic E-state index is 11.6. The summed E-state index contributed by atoms with van der Waals surface area (Å²) in [7, 11) is 1.69. The molecule has 1 heterocycles. The predicted octanol–water partition coefficient (Wildman–Crippen LogP) is 1.67. The zero-order chi connectivity index (χ0) is 13.2. The summed E-state index contributed by atoms with van der Waals surface area (Å²) in [6, 6.07) is 3.59. The summed E-state index contributed by atoms with van der Waals surface area (Å²) in [5, 5.41) is 6.00. The Kier molecular flexibility index (Phi) is 6.79. The monoisotopic (exact) mass is 251 g/mol. The number of amides is 1. The maximum atomic E-state index is 11.6. The van der Waals surface area contributed by atoms with Crippen LogP contribution in [0.15, 0.2) is 18.3 Å². The number of carbonyl (C=O) groups excluding carboxylic acids is 1. The van der Waals surface area contributed by atoms with Crippen LogP contribution in [0, 0.1) is 0 Å². The van der Waals surface area contributed by atoms with Crippen LogP contribution in [0.2, 0.25) is 0 Å². The highest BCUT2D eigenvalue weighted by Crippen LogP contribution is 2.06. The SMILES string of the molecule is CCCNC(=O)c1ccc(NCCCOC)cn1. The molecule has 1 amide bonds. The quantitative estimate of drug-likeness (QED) is 0.690. The second kappa shape index (κ2) is 8.47. The Bertz CT molecular complexity index is 352.